The molecular weight excluding hydrogens is 214 g/mol. The molecule has 2 heterocycles. The van der Waals surface area contributed by atoms with Crippen molar-refractivity contribution in [1.29, 1.82) is 0 Å². The van der Waals surface area contributed by atoms with Gasteiger partial charge >= 0.3 is 0 Å². The number of hydrogen-bond acceptors (Lipinski definition) is 4. The van der Waals surface area contributed by atoms with Gasteiger partial charge in [-0.05, 0) is 37.8 Å². The summed E-state index contributed by atoms with van der Waals surface area (Å²) in [6.45, 7) is 1.20. The van der Waals surface area contributed by atoms with E-state index >= 15 is 0 Å². The number of anilines is 1. The van der Waals surface area contributed by atoms with Gasteiger partial charge < -0.3 is 10.0 Å². The number of nitrogens with zero attached hydrogens (tertiary/aromatic N) is 3. The number of aliphatic hydroxyl groups is 1. The standard InChI is InChI=1S/C13H19N3O/c17-9-11-5-2-8-16(11)13-7-6-12(14-15-13)10-3-1-4-10/h6-7,10-11,17H,1-5,8-9H2. The Morgan fingerprint density at radius 2 is 2.06 bits per heavy atom. The first-order valence-electron chi connectivity index (χ1n) is 6.59. The molecule has 3 rings (SSSR count). The summed E-state index contributed by atoms with van der Waals surface area (Å²) < 4.78 is 0. The van der Waals surface area contributed by atoms with Crippen molar-refractivity contribution in [3.8, 4) is 0 Å². The second-order valence-electron chi connectivity index (χ2n) is 5.12. The molecule has 1 aliphatic heterocycles. The highest BCUT2D eigenvalue weighted by Gasteiger charge is 2.26. The van der Waals surface area contributed by atoms with Crippen molar-refractivity contribution in [3.63, 3.8) is 0 Å². The van der Waals surface area contributed by atoms with Gasteiger partial charge in [-0.2, -0.15) is 5.10 Å². The quantitative estimate of drug-likeness (QED) is 0.863. The molecular formula is C13H19N3O. The van der Waals surface area contributed by atoms with Crippen molar-refractivity contribution in [3.05, 3.63) is 17.8 Å². The lowest BCUT2D eigenvalue weighted by Crippen LogP contribution is -2.33. The van der Waals surface area contributed by atoms with Crippen LogP contribution in [-0.4, -0.2) is 34.5 Å². The average molecular weight is 233 g/mol. The fraction of sp³-hybridized carbons (Fsp3) is 0.692. The normalized spacial score (nSPS) is 25.0. The summed E-state index contributed by atoms with van der Waals surface area (Å²) in [5.41, 5.74) is 1.14. The maximum atomic E-state index is 9.30. The summed E-state index contributed by atoms with van der Waals surface area (Å²) in [4.78, 5) is 2.18. The molecule has 2 aliphatic rings. The summed E-state index contributed by atoms with van der Waals surface area (Å²) in [7, 11) is 0. The highest BCUT2D eigenvalue weighted by atomic mass is 16.3. The minimum absolute atomic E-state index is 0.214. The Balaban J connectivity index is 1.74. The fourth-order valence-electron chi connectivity index (χ4n) is 2.74. The molecule has 2 fully saturated rings. The zero-order chi connectivity index (χ0) is 11.7. The van der Waals surface area contributed by atoms with E-state index in [0.29, 0.717) is 5.92 Å². The SMILES string of the molecule is OCC1CCCN1c1ccc(C2CCC2)nn1. The third kappa shape index (κ3) is 2.02. The number of aliphatic hydroxyl groups excluding tert-OH is 1. The molecule has 4 nitrogen and oxygen atoms in total. The van der Waals surface area contributed by atoms with Crippen molar-refractivity contribution in [2.24, 2.45) is 0 Å². The molecule has 1 atom stereocenters. The molecule has 1 aromatic heterocycles. The van der Waals surface area contributed by atoms with Crippen LogP contribution in [0.3, 0.4) is 0 Å². The molecule has 1 saturated carbocycles. The van der Waals surface area contributed by atoms with Crippen LogP contribution in [0.15, 0.2) is 12.1 Å². The van der Waals surface area contributed by atoms with Gasteiger partial charge in [0.1, 0.15) is 0 Å². The monoisotopic (exact) mass is 233 g/mol. The molecule has 1 unspecified atom stereocenters. The van der Waals surface area contributed by atoms with E-state index < -0.39 is 0 Å². The van der Waals surface area contributed by atoms with Crippen molar-refractivity contribution in [2.45, 2.75) is 44.1 Å². The second-order valence-corrected chi connectivity index (χ2v) is 5.12. The van der Waals surface area contributed by atoms with Gasteiger partial charge in [-0.3, -0.25) is 0 Å². The van der Waals surface area contributed by atoms with Gasteiger partial charge in [-0.25, -0.2) is 0 Å². The van der Waals surface area contributed by atoms with Gasteiger partial charge in [0.15, 0.2) is 5.82 Å². The smallest absolute Gasteiger partial charge is 0.151 e. The van der Waals surface area contributed by atoms with E-state index in [1.54, 1.807) is 0 Å². The molecule has 1 aliphatic carbocycles. The van der Waals surface area contributed by atoms with E-state index in [1.807, 2.05) is 0 Å². The van der Waals surface area contributed by atoms with Crippen LogP contribution < -0.4 is 4.90 Å². The minimum Gasteiger partial charge on any atom is -0.394 e. The van der Waals surface area contributed by atoms with E-state index in [1.165, 1.54) is 19.3 Å². The lowest BCUT2D eigenvalue weighted by molar-refractivity contribution is 0.266. The van der Waals surface area contributed by atoms with Gasteiger partial charge in [0, 0.05) is 12.5 Å². The maximum Gasteiger partial charge on any atom is 0.151 e. The first-order valence-corrected chi connectivity index (χ1v) is 6.59. The van der Waals surface area contributed by atoms with Gasteiger partial charge in [-0.1, -0.05) is 6.42 Å². The second kappa shape index (κ2) is 4.61. The summed E-state index contributed by atoms with van der Waals surface area (Å²) in [6.07, 6.45) is 6.04. The third-order valence-electron chi connectivity index (χ3n) is 4.08. The van der Waals surface area contributed by atoms with Gasteiger partial charge in [0.25, 0.3) is 0 Å². The highest BCUT2D eigenvalue weighted by Crippen LogP contribution is 2.35. The molecule has 0 bridgehead atoms. The maximum absolute atomic E-state index is 9.30. The Morgan fingerprint density at radius 1 is 1.18 bits per heavy atom. The first-order chi connectivity index (χ1) is 8.38. The topological polar surface area (TPSA) is 49.2 Å². The molecule has 17 heavy (non-hydrogen) atoms. The predicted octanol–water partition coefficient (Wildman–Crippen LogP) is 1.71. The first kappa shape index (κ1) is 11.0. The van der Waals surface area contributed by atoms with Crippen LogP contribution in [0, 0.1) is 0 Å². The van der Waals surface area contributed by atoms with E-state index in [9.17, 15) is 5.11 Å². The number of aromatic nitrogens is 2. The van der Waals surface area contributed by atoms with Crippen molar-refractivity contribution in [1.82, 2.24) is 10.2 Å². The molecule has 4 heteroatoms. The Kier molecular flexibility index (Phi) is 2.97. The summed E-state index contributed by atoms with van der Waals surface area (Å²) in [6, 6.07) is 4.41. The third-order valence-corrected chi connectivity index (χ3v) is 4.08. The summed E-state index contributed by atoms with van der Waals surface area (Å²) in [5, 5.41) is 18.0. The Morgan fingerprint density at radius 3 is 2.65 bits per heavy atom. The summed E-state index contributed by atoms with van der Waals surface area (Å²) in [5.74, 6) is 1.56. The van der Waals surface area contributed by atoms with Crippen molar-refractivity contribution < 1.29 is 5.11 Å². The van der Waals surface area contributed by atoms with E-state index in [2.05, 4.69) is 27.2 Å². The molecule has 0 spiro atoms. The molecule has 1 aromatic rings. The lowest BCUT2D eigenvalue weighted by atomic mass is 9.83. The molecule has 0 aromatic carbocycles. The van der Waals surface area contributed by atoms with Crippen LogP contribution in [0.25, 0.3) is 0 Å². The van der Waals surface area contributed by atoms with Gasteiger partial charge in [-0.15, -0.1) is 5.10 Å². The van der Waals surface area contributed by atoms with Crippen LogP contribution in [-0.2, 0) is 0 Å². The van der Waals surface area contributed by atoms with Crippen LogP contribution in [0.4, 0.5) is 5.82 Å². The summed E-state index contributed by atoms with van der Waals surface area (Å²) >= 11 is 0. The van der Waals surface area contributed by atoms with Crippen molar-refractivity contribution >= 4 is 5.82 Å². The zero-order valence-electron chi connectivity index (χ0n) is 10.0. The minimum atomic E-state index is 0.214. The molecule has 92 valence electrons. The molecule has 0 radical (unpaired) electrons. The van der Waals surface area contributed by atoms with E-state index in [4.69, 9.17) is 0 Å². The van der Waals surface area contributed by atoms with Crippen LogP contribution >= 0.6 is 0 Å². The average Bonchev–Trinajstić information content (AvgIpc) is 2.76. The van der Waals surface area contributed by atoms with Crippen molar-refractivity contribution in [2.75, 3.05) is 18.1 Å². The van der Waals surface area contributed by atoms with E-state index in [-0.39, 0.29) is 12.6 Å². The number of hydrogen-bond donors (Lipinski definition) is 1. The highest BCUT2D eigenvalue weighted by molar-refractivity contribution is 5.40. The lowest BCUT2D eigenvalue weighted by Gasteiger charge is -2.26. The number of rotatable bonds is 3. The molecule has 1 saturated heterocycles. The molecule has 0 amide bonds. The zero-order valence-corrected chi connectivity index (χ0v) is 10.0. The molecule has 1 N–H and O–H groups in total. The van der Waals surface area contributed by atoms with Crippen LogP contribution in [0.2, 0.25) is 0 Å². The van der Waals surface area contributed by atoms with Crippen LogP contribution in [0.5, 0.6) is 0 Å². The largest absolute Gasteiger partial charge is 0.394 e. The Labute approximate surface area is 102 Å². The Bertz CT molecular complexity index is 375. The van der Waals surface area contributed by atoms with E-state index in [0.717, 1.165) is 30.9 Å². The van der Waals surface area contributed by atoms with Gasteiger partial charge in [0.05, 0.1) is 18.3 Å². The predicted molar refractivity (Wildman–Crippen MR) is 66.1 cm³/mol. The van der Waals surface area contributed by atoms with Crippen LogP contribution in [0.1, 0.15) is 43.7 Å². The fourth-order valence-corrected chi connectivity index (χ4v) is 2.74. The Hall–Kier alpha value is -1.16. The van der Waals surface area contributed by atoms with Gasteiger partial charge in [0.2, 0.25) is 0 Å².